The fourth-order valence-corrected chi connectivity index (χ4v) is 3.73. The van der Waals surface area contributed by atoms with Crippen LogP contribution in [0.2, 0.25) is 0 Å². The molecule has 2 aromatic rings. The molecule has 0 bridgehead atoms. The van der Waals surface area contributed by atoms with E-state index in [1.165, 1.54) is 13.2 Å². The molecule has 1 aromatic carbocycles. The molecule has 0 aliphatic carbocycles. The molecule has 0 radical (unpaired) electrons. The second kappa shape index (κ2) is 8.98. The molecule has 0 saturated carbocycles. The molecule has 0 spiro atoms. The van der Waals surface area contributed by atoms with Crippen LogP contribution in [-0.4, -0.2) is 48.6 Å². The van der Waals surface area contributed by atoms with E-state index in [9.17, 15) is 9.59 Å². The van der Waals surface area contributed by atoms with Gasteiger partial charge in [0.1, 0.15) is 5.82 Å². The van der Waals surface area contributed by atoms with Crippen LogP contribution in [0.15, 0.2) is 23.0 Å². The van der Waals surface area contributed by atoms with Crippen LogP contribution in [0.3, 0.4) is 0 Å². The molecule has 2 heterocycles. The number of rotatable bonds is 7. The summed E-state index contributed by atoms with van der Waals surface area (Å²) in [5.74, 6) is 2.03. The number of hydrogen-bond acceptors (Lipinski definition) is 6. The average molecular weight is 401 g/mol. The highest BCUT2D eigenvalue weighted by Gasteiger charge is 2.32. The Balaban J connectivity index is 1.85. The van der Waals surface area contributed by atoms with Gasteiger partial charge in [-0.3, -0.25) is 9.59 Å². The highest BCUT2D eigenvalue weighted by Crippen LogP contribution is 2.39. The quantitative estimate of drug-likeness (QED) is 0.765. The van der Waals surface area contributed by atoms with Gasteiger partial charge in [-0.05, 0) is 37.0 Å². The first kappa shape index (κ1) is 20.7. The molecule has 8 nitrogen and oxygen atoms in total. The first-order chi connectivity index (χ1) is 14.0. The van der Waals surface area contributed by atoms with Gasteiger partial charge in [0.15, 0.2) is 11.5 Å². The van der Waals surface area contributed by atoms with Gasteiger partial charge < -0.3 is 24.1 Å². The fourth-order valence-electron chi connectivity index (χ4n) is 3.73. The minimum Gasteiger partial charge on any atom is -0.493 e. The summed E-state index contributed by atoms with van der Waals surface area (Å²) in [6, 6.07) is 4.84. The lowest BCUT2D eigenvalue weighted by Gasteiger charge is -2.24. The summed E-state index contributed by atoms with van der Waals surface area (Å²) in [6.07, 6.45) is 2.50. The number of ether oxygens (including phenoxy) is 3. The number of carbonyl (C=O) groups excluding carboxylic acids is 1. The van der Waals surface area contributed by atoms with Crippen LogP contribution in [0.4, 0.5) is 0 Å². The van der Waals surface area contributed by atoms with E-state index in [0.29, 0.717) is 36.0 Å². The van der Waals surface area contributed by atoms with Gasteiger partial charge in [0.2, 0.25) is 11.7 Å². The van der Waals surface area contributed by atoms with Gasteiger partial charge in [-0.25, -0.2) is 4.98 Å². The minimum absolute atomic E-state index is 0.0358. The zero-order valence-electron chi connectivity index (χ0n) is 17.3. The summed E-state index contributed by atoms with van der Waals surface area (Å²) >= 11 is 0. The SMILES string of the molecule is CCc1cc(=O)[nH]c([C@@H]2CCCN2C(=O)Cc2cc(OC)c(OC)c(OC)c2)n1. The van der Waals surface area contributed by atoms with E-state index < -0.39 is 0 Å². The highest BCUT2D eigenvalue weighted by atomic mass is 16.5. The zero-order chi connectivity index (χ0) is 21.0. The summed E-state index contributed by atoms with van der Waals surface area (Å²) in [5, 5.41) is 0. The largest absolute Gasteiger partial charge is 0.493 e. The number of H-pyrrole nitrogens is 1. The van der Waals surface area contributed by atoms with Crippen LogP contribution in [0, 0.1) is 0 Å². The Bertz CT molecular complexity index is 915. The topological polar surface area (TPSA) is 93.8 Å². The molecule has 8 heteroatoms. The second-order valence-electron chi connectivity index (χ2n) is 6.93. The summed E-state index contributed by atoms with van der Waals surface area (Å²) in [5.41, 5.74) is 1.31. The van der Waals surface area contributed by atoms with E-state index in [-0.39, 0.29) is 23.9 Å². The first-order valence-electron chi connectivity index (χ1n) is 9.69. The van der Waals surface area contributed by atoms with Crippen LogP contribution in [-0.2, 0) is 17.6 Å². The summed E-state index contributed by atoms with van der Waals surface area (Å²) in [7, 11) is 4.63. The van der Waals surface area contributed by atoms with Crippen LogP contribution in [0.5, 0.6) is 17.2 Å². The number of likely N-dealkylation sites (tertiary alicyclic amines) is 1. The van der Waals surface area contributed by atoms with E-state index in [4.69, 9.17) is 14.2 Å². The summed E-state index contributed by atoms with van der Waals surface area (Å²) in [4.78, 5) is 34.2. The third kappa shape index (κ3) is 4.36. The molecular weight excluding hydrogens is 374 g/mol. The van der Waals surface area contributed by atoms with Crippen molar-refractivity contribution in [3.8, 4) is 17.2 Å². The maximum atomic E-state index is 13.1. The van der Waals surface area contributed by atoms with E-state index in [2.05, 4.69) is 9.97 Å². The Hall–Kier alpha value is -3.03. The zero-order valence-corrected chi connectivity index (χ0v) is 17.3. The number of carbonyl (C=O) groups is 1. The van der Waals surface area contributed by atoms with Crippen LogP contribution >= 0.6 is 0 Å². The average Bonchev–Trinajstić information content (AvgIpc) is 3.22. The Morgan fingerprint density at radius 2 is 1.86 bits per heavy atom. The number of aryl methyl sites for hydroxylation is 1. The smallest absolute Gasteiger partial charge is 0.251 e. The van der Waals surface area contributed by atoms with Crippen molar-refractivity contribution in [2.75, 3.05) is 27.9 Å². The molecule has 1 aliphatic heterocycles. The molecule has 0 unspecified atom stereocenters. The number of hydrogen-bond donors (Lipinski definition) is 1. The Kier molecular flexibility index (Phi) is 6.41. The number of aromatic nitrogens is 2. The highest BCUT2D eigenvalue weighted by molar-refractivity contribution is 5.80. The maximum Gasteiger partial charge on any atom is 0.251 e. The lowest BCUT2D eigenvalue weighted by atomic mass is 10.1. The number of aromatic amines is 1. The number of methoxy groups -OCH3 is 3. The van der Waals surface area contributed by atoms with Crippen LogP contribution in [0.1, 0.15) is 42.9 Å². The number of nitrogens with one attached hydrogen (secondary N) is 1. The minimum atomic E-state index is -0.219. The number of amides is 1. The van der Waals surface area contributed by atoms with E-state index >= 15 is 0 Å². The number of benzene rings is 1. The van der Waals surface area contributed by atoms with Crippen LogP contribution in [0.25, 0.3) is 0 Å². The van der Waals surface area contributed by atoms with Crippen molar-refractivity contribution < 1.29 is 19.0 Å². The van der Waals surface area contributed by atoms with Crippen molar-refractivity contribution in [3.63, 3.8) is 0 Å². The van der Waals surface area contributed by atoms with E-state index in [1.807, 2.05) is 6.92 Å². The van der Waals surface area contributed by atoms with Gasteiger partial charge >= 0.3 is 0 Å². The molecule has 156 valence electrons. The van der Waals surface area contributed by atoms with E-state index in [0.717, 1.165) is 24.1 Å². The third-order valence-electron chi connectivity index (χ3n) is 5.14. The Morgan fingerprint density at radius 3 is 2.45 bits per heavy atom. The molecule has 1 atom stereocenters. The van der Waals surface area contributed by atoms with Crippen molar-refractivity contribution in [1.29, 1.82) is 0 Å². The van der Waals surface area contributed by atoms with Gasteiger partial charge in [-0.1, -0.05) is 6.92 Å². The van der Waals surface area contributed by atoms with E-state index in [1.54, 1.807) is 31.3 Å². The van der Waals surface area contributed by atoms with Crippen molar-refractivity contribution >= 4 is 5.91 Å². The van der Waals surface area contributed by atoms with Gasteiger partial charge in [0.25, 0.3) is 5.56 Å². The number of nitrogens with zero attached hydrogens (tertiary/aromatic N) is 2. The van der Waals surface area contributed by atoms with Crippen molar-refractivity contribution in [1.82, 2.24) is 14.9 Å². The molecule has 29 heavy (non-hydrogen) atoms. The van der Waals surface area contributed by atoms with Gasteiger partial charge in [-0.2, -0.15) is 0 Å². The molecule has 1 aromatic heterocycles. The molecule has 1 fully saturated rings. The Morgan fingerprint density at radius 1 is 1.17 bits per heavy atom. The normalized spacial score (nSPS) is 16.0. The lowest BCUT2D eigenvalue weighted by molar-refractivity contribution is -0.131. The summed E-state index contributed by atoms with van der Waals surface area (Å²) < 4.78 is 16.1. The molecule has 1 aliphatic rings. The molecule has 1 N–H and O–H groups in total. The molecule has 3 rings (SSSR count). The Labute approximate surface area is 169 Å². The van der Waals surface area contributed by atoms with Gasteiger partial charge in [0.05, 0.1) is 33.8 Å². The predicted molar refractivity (Wildman–Crippen MR) is 108 cm³/mol. The fraction of sp³-hybridized carbons (Fsp3) is 0.476. The van der Waals surface area contributed by atoms with Crippen molar-refractivity contribution in [2.24, 2.45) is 0 Å². The summed E-state index contributed by atoms with van der Waals surface area (Å²) in [6.45, 7) is 2.58. The second-order valence-corrected chi connectivity index (χ2v) is 6.93. The monoisotopic (exact) mass is 401 g/mol. The lowest BCUT2D eigenvalue weighted by Crippen LogP contribution is -2.33. The molecule has 1 saturated heterocycles. The van der Waals surface area contributed by atoms with Crippen molar-refractivity contribution in [2.45, 2.75) is 38.6 Å². The third-order valence-corrected chi connectivity index (χ3v) is 5.14. The van der Waals surface area contributed by atoms with Gasteiger partial charge in [-0.15, -0.1) is 0 Å². The molecular formula is C21H27N3O5. The first-order valence-corrected chi connectivity index (χ1v) is 9.69. The predicted octanol–water partition coefficient (Wildman–Crippen LogP) is 2.26. The maximum absolute atomic E-state index is 13.1. The van der Waals surface area contributed by atoms with Gasteiger partial charge in [0, 0.05) is 18.3 Å². The standard InChI is InChI=1S/C21H27N3O5/c1-5-14-12-18(25)23-21(22-14)15-7-6-8-24(15)19(26)11-13-9-16(27-2)20(29-4)17(10-13)28-3/h9-10,12,15H,5-8,11H2,1-4H3,(H,22,23,25)/t15-/m0/s1. The molecule has 1 amide bonds. The van der Waals surface area contributed by atoms with Crippen molar-refractivity contribution in [3.05, 3.63) is 45.6 Å². The van der Waals surface area contributed by atoms with Crippen LogP contribution < -0.4 is 19.8 Å².